The Bertz CT molecular complexity index is 433. The number of amides is 3. The van der Waals surface area contributed by atoms with E-state index in [4.69, 9.17) is 0 Å². The maximum absolute atomic E-state index is 12.5. The summed E-state index contributed by atoms with van der Waals surface area (Å²) in [6.07, 6.45) is 5.25. The molecule has 2 fully saturated rings. The largest absolute Gasteiger partial charge is 0.396 e. The van der Waals surface area contributed by atoms with Gasteiger partial charge < -0.3 is 21.1 Å². The normalized spacial score (nSPS) is 28.3. The van der Waals surface area contributed by atoms with Crippen molar-refractivity contribution in [3.8, 4) is 0 Å². The second-order valence-corrected chi connectivity index (χ2v) is 7.57. The molecule has 4 N–H and O–H groups in total. The van der Waals surface area contributed by atoms with Crippen molar-refractivity contribution in [1.29, 1.82) is 0 Å². The number of carbonyl (C=O) groups excluding carboxylic acids is 2. The lowest BCUT2D eigenvalue weighted by Gasteiger charge is -2.40. The van der Waals surface area contributed by atoms with E-state index in [1.165, 1.54) is 0 Å². The minimum absolute atomic E-state index is 0.0384. The summed E-state index contributed by atoms with van der Waals surface area (Å²) in [5.41, 5.74) is -0.197. The zero-order valence-corrected chi connectivity index (χ0v) is 14.5. The molecule has 3 atom stereocenters. The number of urea groups is 1. The van der Waals surface area contributed by atoms with Crippen molar-refractivity contribution in [2.24, 2.45) is 11.3 Å². The fourth-order valence-electron chi connectivity index (χ4n) is 4.19. The summed E-state index contributed by atoms with van der Waals surface area (Å²) in [7, 11) is 0. The predicted octanol–water partition coefficient (Wildman–Crippen LogP) is 1.53. The number of aliphatic hydroxyl groups is 1. The summed E-state index contributed by atoms with van der Waals surface area (Å²) in [6, 6.07) is -0.341. The van der Waals surface area contributed by atoms with Crippen molar-refractivity contribution in [2.75, 3.05) is 6.61 Å². The van der Waals surface area contributed by atoms with Gasteiger partial charge >= 0.3 is 6.03 Å². The van der Waals surface area contributed by atoms with Crippen LogP contribution in [0.3, 0.4) is 0 Å². The average molecular weight is 325 g/mol. The van der Waals surface area contributed by atoms with Gasteiger partial charge in [0.25, 0.3) is 0 Å². The predicted molar refractivity (Wildman–Crippen MR) is 88.9 cm³/mol. The van der Waals surface area contributed by atoms with E-state index < -0.39 is 0 Å². The van der Waals surface area contributed by atoms with Gasteiger partial charge in [0.15, 0.2) is 0 Å². The molecule has 0 radical (unpaired) electrons. The number of hydrogen-bond acceptors (Lipinski definition) is 3. The highest BCUT2D eigenvalue weighted by Gasteiger charge is 2.43. The molecule has 0 aromatic heterocycles. The number of carbonyl (C=O) groups is 2. The highest BCUT2D eigenvalue weighted by Crippen LogP contribution is 2.42. The molecule has 23 heavy (non-hydrogen) atoms. The Hall–Kier alpha value is -1.30. The van der Waals surface area contributed by atoms with Gasteiger partial charge in [-0.1, -0.05) is 26.7 Å². The maximum atomic E-state index is 12.5. The van der Waals surface area contributed by atoms with Crippen LogP contribution in [0.2, 0.25) is 0 Å². The molecule has 2 aliphatic rings. The third kappa shape index (κ3) is 4.16. The van der Waals surface area contributed by atoms with E-state index in [9.17, 15) is 14.7 Å². The van der Waals surface area contributed by atoms with Gasteiger partial charge in [-0.2, -0.15) is 0 Å². The molecule has 1 aliphatic heterocycles. The zero-order valence-electron chi connectivity index (χ0n) is 14.5. The van der Waals surface area contributed by atoms with Gasteiger partial charge in [0.1, 0.15) is 0 Å². The highest BCUT2D eigenvalue weighted by atomic mass is 16.3. The summed E-state index contributed by atoms with van der Waals surface area (Å²) in [5.74, 6) is 0.302. The minimum atomic E-state index is -0.198. The number of aliphatic hydroxyl groups excluding tert-OH is 1. The molecule has 6 heteroatoms. The number of nitrogens with one attached hydrogen (secondary N) is 3. The van der Waals surface area contributed by atoms with Crippen LogP contribution in [0.1, 0.15) is 59.3 Å². The first-order valence-electron chi connectivity index (χ1n) is 8.85. The monoisotopic (exact) mass is 325 g/mol. The summed E-state index contributed by atoms with van der Waals surface area (Å²) < 4.78 is 0. The van der Waals surface area contributed by atoms with Crippen molar-refractivity contribution in [2.45, 2.75) is 77.4 Å². The van der Waals surface area contributed by atoms with Crippen molar-refractivity contribution in [3.63, 3.8) is 0 Å². The second-order valence-electron chi connectivity index (χ2n) is 7.57. The standard InChI is InChI=1S/C17H31N3O3/c1-11(2)15(17(10-21)8-4-5-9-17)20-16(23)19-13-6-7-14(22)18-12(13)3/h11-13,15,21H,4-10H2,1-3H3,(H,18,22)(H2,19,20,23). The Kier molecular flexibility index (Phi) is 5.89. The first-order valence-corrected chi connectivity index (χ1v) is 8.85. The van der Waals surface area contributed by atoms with Crippen LogP contribution in [0.4, 0.5) is 4.79 Å². The van der Waals surface area contributed by atoms with Gasteiger partial charge in [0.2, 0.25) is 5.91 Å². The van der Waals surface area contributed by atoms with Gasteiger partial charge in [-0.05, 0) is 32.1 Å². The smallest absolute Gasteiger partial charge is 0.315 e. The molecule has 0 spiro atoms. The molecule has 3 unspecified atom stereocenters. The molecular formula is C17H31N3O3. The molecule has 1 saturated heterocycles. The van der Waals surface area contributed by atoms with Crippen LogP contribution in [0.5, 0.6) is 0 Å². The minimum Gasteiger partial charge on any atom is -0.396 e. The Morgan fingerprint density at radius 3 is 2.57 bits per heavy atom. The van der Waals surface area contributed by atoms with Crippen LogP contribution < -0.4 is 16.0 Å². The maximum Gasteiger partial charge on any atom is 0.315 e. The molecule has 2 rings (SSSR count). The van der Waals surface area contributed by atoms with Crippen molar-refractivity contribution >= 4 is 11.9 Å². The zero-order chi connectivity index (χ0) is 17.0. The Morgan fingerprint density at radius 2 is 2.04 bits per heavy atom. The lowest BCUT2D eigenvalue weighted by atomic mass is 9.74. The fraction of sp³-hybridized carbons (Fsp3) is 0.882. The Labute approximate surface area is 138 Å². The van der Waals surface area contributed by atoms with Gasteiger partial charge in [-0.3, -0.25) is 4.79 Å². The summed E-state index contributed by atoms with van der Waals surface area (Å²) in [6.45, 7) is 6.20. The number of hydrogen-bond donors (Lipinski definition) is 4. The third-order valence-corrected chi connectivity index (χ3v) is 5.52. The van der Waals surface area contributed by atoms with E-state index >= 15 is 0 Å². The van der Waals surface area contributed by atoms with Gasteiger partial charge in [0.05, 0.1) is 12.6 Å². The average Bonchev–Trinajstić information content (AvgIpc) is 2.97. The van der Waals surface area contributed by atoms with E-state index in [0.29, 0.717) is 12.8 Å². The van der Waals surface area contributed by atoms with Crippen molar-refractivity contribution < 1.29 is 14.7 Å². The fourth-order valence-corrected chi connectivity index (χ4v) is 4.19. The number of piperidine rings is 1. The van der Waals surface area contributed by atoms with Crippen molar-refractivity contribution in [1.82, 2.24) is 16.0 Å². The van der Waals surface area contributed by atoms with Crippen LogP contribution in [0, 0.1) is 11.3 Å². The summed E-state index contributed by atoms with van der Waals surface area (Å²) in [4.78, 5) is 23.8. The molecule has 0 aromatic carbocycles. The van der Waals surface area contributed by atoms with Crippen LogP contribution >= 0.6 is 0 Å². The second kappa shape index (κ2) is 7.51. The molecule has 0 bridgehead atoms. The van der Waals surface area contributed by atoms with E-state index in [2.05, 4.69) is 29.8 Å². The SMILES string of the molecule is CC(C)C(NC(=O)NC1CCC(=O)NC1C)C1(CO)CCCC1. The molecule has 1 aliphatic carbocycles. The lowest BCUT2D eigenvalue weighted by Crippen LogP contribution is -2.59. The van der Waals surface area contributed by atoms with Crippen LogP contribution in [-0.4, -0.2) is 41.8 Å². The molecule has 1 saturated carbocycles. The van der Waals surface area contributed by atoms with Gasteiger partial charge in [-0.15, -0.1) is 0 Å². The highest BCUT2D eigenvalue weighted by molar-refractivity contribution is 5.78. The van der Waals surface area contributed by atoms with Gasteiger partial charge in [-0.25, -0.2) is 4.79 Å². The molecule has 6 nitrogen and oxygen atoms in total. The first kappa shape index (κ1) is 18.0. The Balaban J connectivity index is 1.97. The van der Waals surface area contributed by atoms with Crippen molar-refractivity contribution in [3.05, 3.63) is 0 Å². The Morgan fingerprint density at radius 1 is 1.39 bits per heavy atom. The topological polar surface area (TPSA) is 90.5 Å². The summed E-state index contributed by atoms with van der Waals surface area (Å²) in [5, 5.41) is 18.9. The quantitative estimate of drug-likeness (QED) is 0.618. The van der Waals surface area contributed by atoms with E-state index in [-0.39, 0.29) is 48.0 Å². The summed E-state index contributed by atoms with van der Waals surface area (Å²) >= 11 is 0. The van der Waals surface area contributed by atoms with Crippen LogP contribution in [0.25, 0.3) is 0 Å². The molecule has 132 valence electrons. The van der Waals surface area contributed by atoms with E-state index in [1.54, 1.807) is 0 Å². The molecule has 1 heterocycles. The molecule has 0 aromatic rings. The first-order chi connectivity index (χ1) is 10.9. The lowest BCUT2D eigenvalue weighted by molar-refractivity contribution is -0.123. The molecular weight excluding hydrogens is 294 g/mol. The van der Waals surface area contributed by atoms with E-state index in [0.717, 1.165) is 25.7 Å². The van der Waals surface area contributed by atoms with E-state index in [1.807, 2.05) is 6.92 Å². The van der Waals surface area contributed by atoms with Crippen LogP contribution in [0.15, 0.2) is 0 Å². The van der Waals surface area contributed by atoms with Crippen LogP contribution in [-0.2, 0) is 4.79 Å². The number of rotatable bonds is 5. The van der Waals surface area contributed by atoms with Gasteiger partial charge in [0, 0.05) is 23.9 Å². The molecule has 3 amide bonds. The third-order valence-electron chi connectivity index (χ3n) is 5.52.